The molecule has 4 nitrogen and oxygen atoms in total. The summed E-state index contributed by atoms with van der Waals surface area (Å²) in [5.41, 5.74) is -0.761. The van der Waals surface area contributed by atoms with E-state index in [9.17, 15) is 9.59 Å². The Hall–Kier alpha value is -1.62. The molecule has 0 amide bonds. The number of carboxylic acids is 1. The molecule has 0 bridgehead atoms. The van der Waals surface area contributed by atoms with Crippen LogP contribution in [0.4, 0.5) is 0 Å². The molecule has 3 rings (SSSR count). The van der Waals surface area contributed by atoms with E-state index in [1.54, 1.807) is 10.0 Å². The van der Waals surface area contributed by atoms with Crippen molar-refractivity contribution in [2.75, 3.05) is 0 Å². The van der Waals surface area contributed by atoms with Crippen molar-refractivity contribution in [1.29, 1.82) is 0 Å². The summed E-state index contributed by atoms with van der Waals surface area (Å²) in [6.45, 7) is 0.306. The fourth-order valence-electron chi connectivity index (χ4n) is 1.99. The minimum Gasteiger partial charge on any atom is -0.481 e. The van der Waals surface area contributed by atoms with Crippen LogP contribution >= 0.6 is 11.5 Å². The summed E-state index contributed by atoms with van der Waals surface area (Å²) in [6.07, 6.45) is 1.34. The SMILES string of the molecule is O=C(O)C1(Cn2sc3ccccc3c2=O)CC1. The van der Waals surface area contributed by atoms with Crippen LogP contribution in [0.15, 0.2) is 29.1 Å². The number of rotatable bonds is 3. The third-order valence-corrected chi connectivity index (χ3v) is 4.37. The van der Waals surface area contributed by atoms with E-state index < -0.39 is 11.4 Å². The van der Waals surface area contributed by atoms with Crippen LogP contribution in [-0.4, -0.2) is 15.0 Å². The number of benzene rings is 1. The van der Waals surface area contributed by atoms with Crippen LogP contribution in [0.3, 0.4) is 0 Å². The van der Waals surface area contributed by atoms with Gasteiger partial charge in [0.1, 0.15) is 0 Å². The number of carboxylic acid groups (broad SMARTS) is 1. The zero-order valence-electron chi connectivity index (χ0n) is 9.05. The molecule has 1 aliphatic rings. The van der Waals surface area contributed by atoms with Gasteiger partial charge < -0.3 is 5.11 Å². The van der Waals surface area contributed by atoms with Gasteiger partial charge in [-0.05, 0) is 25.0 Å². The van der Waals surface area contributed by atoms with Gasteiger partial charge in [-0.1, -0.05) is 23.7 Å². The van der Waals surface area contributed by atoms with Gasteiger partial charge in [0.2, 0.25) is 0 Å². The Bertz CT molecular complexity index is 651. The summed E-state index contributed by atoms with van der Waals surface area (Å²) in [5.74, 6) is -0.790. The lowest BCUT2D eigenvalue weighted by Gasteiger charge is -2.08. The van der Waals surface area contributed by atoms with Gasteiger partial charge in [-0.15, -0.1) is 0 Å². The lowest BCUT2D eigenvalue weighted by molar-refractivity contribution is -0.143. The summed E-state index contributed by atoms with van der Waals surface area (Å²) < 4.78 is 2.49. The van der Waals surface area contributed by atoms with E-state index in [4.69, 9.17) is 5.11 Å². The van der Waals surface area contributed by atoms with Gasteiger partial charge in [0.25, 0.3) is 5.56 Å². The van der Waals surface area contributed by atoms with E-state index >= 15 is 0 Å². The maximum absolute atomic E-state index is 12.0. The van der Waals surface area contributed by atoms with E-state index in [0.717, 1.165) is 4.70 Å². The highest BCUT2D eigenvalue weighted by molar-refractivity contribution is 7.13. The fourth-order valence-corrected chi connectivity index (χ4v) is 3.11. The molecule has 2 aromatic rings. The van der Waals surface area contributed by atoms with Crippen LogP contribution in [0.2, 0.25) is 0 Å². The number of aromatic nitrogens is 1. The molecule has 1 aromatic heterocycles. The van der Waals surface area contributed by atoms with Gasteiger partial charge in [-0.2, -0.15) is 0 Å². The zero-order chi connectivity index (χ0) is 12.0. The van der Waals surface area contributed by atoms with Crippen LogP contribution in [-0.2, 0) is 11.3 Å². The highest BCUT2D eigenvalue weighted by Gasteiger charge is 2.51. The van der Waals surface area contributed by atoms with Gasteiger partial charge >= 0.3 is 5.97 Å². The highest BCUT2D eigenvalue weighted by Crippen LogP contribution is 2.47. The first-order valence-corrected chi connectivity index (χ1v) is 6.22. The molecule has 1 N–H and O–H groups in total. The molecule has 1 aliphatic carbocycles. The second-order valence-corrected chi connectivity index (χ2v) is 5.58. The predicted molar refractivity (Wildman–Crippen MR) is 65.4 cm³/mol. The van der Waals surface area contributed by atoms with Crippen molar-refractivity contribution < 1.29 is 9.90 Å². The Balaban J connectivity index is 2.05. The molecule has 1 fully saturated rings. The van der Waals surface area contributed by atoms with E-state index in [0.29, 0.717) is 24.8 Å². The van der Waals surface area contributed by atoms with Crippen molar-refractivity contribution in [3.63, 3.8) is 0 Å². The molecule has 17 heavy (non-hydrogen) atoms. The zero-order valence-corrected chi connectivity index (χ0v) is 9.87. The number of hydrogen-bond donors (Lipinski definition) is 1. The van der Waals surface area contributed by atoms with Crippen LogP contribution in [0, 0.1) is 5.41 Å². The smallest absolute Gasteiger partial charge is 0.311 e. The Kier molecular flexibility index (Phi) is 2.13. The second-order valence-electron chi connectivity index (χ2n) is 4.51. The van der Waals surface area contributed by atoms with Crippen molar-refractivity contribution >= 4 is 27.6 Å². The maximum atomic E-state index is 12.0. The fraction of sp³-hybridized carbons (Fsp3) is 0.333. The topological polar surface area (TPSA) is 59.3 Å². The summed E-state index contributed by atoms with van der Waals surface area (Å²) in [5, 5.41) is 9.80. The molecular weight excluding hydrogens is 238 g/mol. The third-order valence-electron chi connectivity index (χ3n) is 3.31. The first-order chi connectivity index (χ1) is 8.12. The average molecular weight is 249 g/mol. The molecule has 1 heterocycles. The van der Waals surface area contributed by atoms with Gasteiger partial charge in [0, 0.05) is 0 Å². The lowest BCUT2D eigenvalue weighted by Crippen LogP contribution is -2.25. The van der Waals surface area contributed by atoms with Crippen LogP contribution in [0.25, 0.3) is 10.1 Å². The third kappa shape index (κ3) is 1.58. The monoisotopic (exact) mass is 249 g/mol. The van der Waals surface area contributed by atoms with Crippen molar-refractivity contribution in [2.24, 2.45) is 5.41 Å². The van der Waals surface area contributed by atoms with Crippen molar-refractivity contribution in [1.82, 2.24) is 3.96 Å². The molecular formula is C12H11NO3S. The molecule has 0 unspecified atom stereocenters. The van der Waals surface area contributed by atoms with E-state index in [2.05, 4.69) is 0 Å². The first kappa shape index (κ1) is 10.5. The van der Waals surface area contributed by atoms with Crippen molar-refractivity contribution in [3.8, 4) is 0 Å². The summed E-state index contributed by atoms with van der Waals surface area (Å²) in [6, 6.07) is 7.38. The van der Waals surface area contributed by atoms with Crippen molar-refractivity contribution in [3.05, 3.63) is 34.6 Å². The second kappa shape index (κ2) is 3.43. The lowest BCUT2D eigenvalue weighted by atomic mass is 10.1. The standard InChI is InChI=1S/C12H11NO3S/c14-10-8-3-1-2-4-9(8)17-13(10)7-12(5-6-12)11(15)16/h1-4H,5-7H2,(H,15,16). The van der Waals surface area contributed by atoms with Crippen molar-refractivity contribution in [2.45, 2.75) is 19.4 Å². The Morgan fingerprint density at radius 2 is 2.12 bits per heavy atom. The number of aliphatic carboxylic acids is 1. The Morgan fingerprint density at radius 3 is 2.71 bits per heavy atom. The van der Waals surface area contributed by atoms with E-state index in [1.165, 1.54) is 11.5 Å². The van der Waals surface area contributed by atoms with Gasteiger partial charge in [0.05, 0.1) is 22.0 Å². The van der Waals surface area contributed by atoms with E-state index in [-0.39, 0.29) is 5.56 Å². The maximum Gasteiger partial charge on any atom is 0.311 e. The number of nitrogens with zero attached hydrogens (tertiary/aromatic N) is 1. The minimum absolute atomic E-state index is 0.0712. The summed E-state index contributed by atoms with van der Waals surface area (Å²) in [7, 11) is 0. The molecule has 88 valence electrons. The highest BCUT2D eigenvalue weighted by atomic mass is 32.1. The van der Waals surface area contributed by atoms with Gasteiger partial charge in [0.15, 0.2) is 0 Å². The molecule has 0 atom stereocenters. The largest absolute Gasteiger partial charge is 0.481 e. The van der Waals surface area contributed by atoms with Gasteiger partial charge in [-0.25, -0.2) is 0 Å². The normalized spacial score (nSPS) is 17.2. The molecule has 0 spiro atoms. The average Bonchev–Trinajstić information content (AvgIpc) is 3.03. The summed E-state index contributed by atoms with van der Waals surface area (Å²) >= 11 is 1.35. The molecule has 0 radical (unpaired) electrons. The first-order valence-electron chi connectivity index (χ1n) is 5.45. The Labute approximate surface area is 101 Å². The summed E-state index contributed by atoms with van der Waals surface area (Å²) in [4.78, 5) is 23.1. The predicted octanol–water partition coefficient (Wildman–Crippen LogP) is 1.93. The molecule has 0 saturated heterocycles. The number of carbonyl (C=O) groups is 1. The van der Waals surface area contributed by atoms with E-state index in [1.807, 2.05) is 18.2 Å². The van der Waals surface area contributed by atoms with Crippen LogP contribution < -0.4 is 5.56 Å². The quantitative estimate of drug-likeness (QED) is 0.904. The molecule has 1 aromatic carbocycles. The minimum atomic E-state index is -0.790. The molecule has 5 heteroatoms. The number of fused-ring (bicyclic) bond motifs is 1. The van der Waals surface area contributed by atoms with Crippen LogP contribution in [0.1, 0.15) is 12.8 Å². The Morgan fingerprint density at radius 1 is 1.41 bits per heavy atom. The number of hydrogen-bond acceptors (Lipinski definition) is 3. The van der Waals surface area contributed by atoms with Gasteiger partial charge in [-0.3, -0.25) is 13.5 Å². The van der Waals surface area contributed by atoms with Crippen LogP contribution in [0.5, 0.6) is 0 Å². The molecule has 1 saturated carbocycles. The molecule has 0 aliphatic heterocycles.